The lowest BCUT2D eigenvalue weighted by molar-refractivity contribution is -0.142. The summed E-state index contributed by atoms with van der Waals surface area (Å²) >= 11 is 1.70. The van der Waals surface area contributed by atoms with Gasteiger partial charge in [-0.2, -0.15) is 0 Å². The minimum absolute atomic E-state index is 0.153. The van der Waals surface area contributed by atoms with E-state index in [2.05, 4.69) is 22.4 Å². The molecule has 5 heteroatoms. The number of nitrogens with zero attached hydrogens (tertiary/aromatic N) is 1. The lowest BCUT2D eigenvalue weighted by Gasteiger charge is -2.27. The topological polar surface area (TPSA) is 62.2 Å². The third-order valence-electron chi connectivity index (χ3n) is 3.94. The van der Waals surface area contributed by atoms with Gasteiger partial charge in [-0.3, -0.25) is 4.79 Å². The third kappa shape index (κ3) is 2.77. The van der Waals surface area contributed by atoms with E-state index >= 15 is 0 Å². The highest BCUT2D eigenvalue weighted by Crippen LogP contribution is 2.29. The Kier molecular flexibility index (Phi) is 3.61. The molecule has 0 amide bonds. The zero-order valence-electron chi connectivity index (χ0n) is 11.4. The lowest BCUT2D eigenvalue weighted by atomic mass is 9.86. The van der Waals surface area contributed by atoms with Crippen LogP contribution in [0.1, 0.15) is 30.7 Å². The molecule has 0 spiro atoms. The molecule has 2 N–H and O–H groups in total. The Labute approximate surface area is 121 Å². The van der Waals surface area contributed by atoms with E-state index in [1.807, 2.05) is 13.0 Å². The number of aromatic nitrogens is 1. The van der Waals surface area contributed by atoms with Crippen LogP contribution >= 0.6 is 11.3 Å². The van der Waals surface area contributed by atoms with E-state index in [0.717, 1.165) is 41.9 Å². The largest absolute Gasteiger partial charge is 0.481 e. The van der Waals surface area contributed by atoms with Crippen molar-refractivity contribution in [1.29, 1.82) is 0 Å². The second kappa shape index (κ2) is 5.40. The molecule has 106 valence electrons. The van der Waals surface area contributed by atoms with Gasteiger partial charge in [-0.05, 0) is 50.8 Å². The predicted octanol–water partition coefficient (Wildman–Crippen LogP) is 3.66. The summed E-state index contributed by atoms with van der Waals surface area (Å²) in [5.74, 6) is -0.801. The maximum absolute atomic E-state index is 10.9. The van der Waals surface area contributed by atoms with Crippen LogP contribution in [0.5, 0.6) is 0 Å². The summed E-state index contributed by atoms with van der Waals surface area (Å²) in [6.45, 7) is 2.02. The van der Waals surface area contributed by atoms with E-state index in [1.165, 1.54) is 4.70 Å². The zero-order chi connectivity index (χ0) is 14.1. The van der Waals surface area contributed by atoms with Gasteiger partial charge in [-0.25, -0.2) is 4.98 Å². The first-order chi connectivity index (χ1) is 9.61. The molecule has 1 aliphatic carbocycles. The summed E-state index contributed by atoms with van der Waals surface area (Å²) in [6, 6.07) is 6.63. The molecule has 1 saturated carbocycles. The van der Waals surface area contributed by atoms with Gasteiger partial charge < -0.3 is 10.4 Å². The van der Waals surface area contributed by atoms with Crippen molar-refractivity contribution in [3.63, 3.8) is 0 Å². The summed E-state index contributed by atoms with van der Waals surface area (Å²) in [6.07, 6.45) is 3.40. The highest BCUT2D eigenvalue weighted by Gasteiger charge is 2.25. The molecular weight excluding hydrogens is 272 g/mol. The maximum atomic E-state index is 10.9. The molecule has 1 heterocycles. The number of carboxylic acids is 1. The molecule has 0 radical (unpaired) electrons. The molecule has 4 nitrogen and oxygen atoms in total. The molecule has 1 aliphatic rings. The third-order valence-corrected chi connectivity index (χ3v) is 4.88. The fourth-order valence-corrected chi connectivity index (χ4v) is 3.72. The monoisotopic (exact) mass is 290 g/mol. The van der Waals surface area contributed by atoms with Crippen molar-refractivity contribution in [2.75, 3.05) is 5.32 Å². The fraction of sp³-hybridized carbons (Fsp3) is 0.467. The van der Waals surface area contributed by atoms with E-state index in [4.69, 9.17) is 5.11 Å². The summed E-state index contributed by atoms with van der Waals surface area (Å²) in [5.41, 5.74) is 2.16. The SMILES string of the molecule is Cc1nc2ccc(NC3CCC(C(=O)O)CC3)cc2s1. The highest BCUT2D eigenvalue weighted by molar-refractivity contribution is 7.18. The molecule has 20 heavy (non-hydrogen) atoms. The molecule has 0 atom stereocenters. The molecule has 1 aromatic heterocycles. The Balaban J connectivity index is 1.66. The van der Waals surface area contributed by atoms with Gasteiger partial charge in [0.25, 0.3) is 0 Å². The first-order valence-corrected chi connectivity index (χ1v) is 7.80. The lowest BCUT2D eigenvalue weighted by Crippen LogP contribution is -2.29. The van der Waals surface area contributed by atoms with Gasteiger partial charge in [0.05, 0.1) is 21.1 Å². The van der Waals surface area contributed by atoms with Crippen LogP contribution in [0, 0.1) is 12.8 Å². The maximum Gasteiger partial charge on any atom is 0.306 e. The minimum atomic E-state index is -0.648. The standard InChI is InChI=1S/C15H18N2O2S/c1-9-16-13-7-6-12(8-14(13)20-9)17-11-4-2-10(3-5-11)15(18)19/h6-8,10-11,17H,2-5H2,1H3,(H,18,19). The van der Waals surface area contributed by atoms with Gasteiger partial charge in [0.15, 0.2) is 0 Å². The summed E-state index contributed by atoms with van der Waals surface area (Å²) in [7, 11) is 0. The number of thiazole rings is 1. The minimum Gasteiger partial charge on any atom is -0.481 e. The number of anilines is 1. The fourth-order valence-electron chi connectivity index (χ4n) is 2.85. The van der Waals surface area contributed by atoms with Crippen LogP contribution in [0.25, 0.3) is 10.2 Å². The van der Waals surface area contributed by atoms with E-state index in [1.54, 1.807) is 11.3 Å². The number of aliphatic carboxylic acids is 1. The normalized spacial score (nSPS) is 22.9. The molecular formula is C15H18N2O2S. The molecule has 1 aromatic carbocycles. The first-order valence-electron chi connectivity index (χ1n) is 6.98. The molecule has 2 aromatic rings. The summed E-state index contributed by atoms with van der Waals surface area (Å²) in [5, 5.41) is 13.6. The first kappa shape index (κ1) is 13.4. The van der Waals surface area contributed by atoms with Crippen molar-refractivity contribution >= 4 is 33.2 Å². The van der Waals surface area contributed by atoms with Crippen LogP contribution in [-0.2, 0) is 4.79 Å². The number of aryl methyl sites for hydroxylation is 1. The number of carboxylic acid groups (broad SMARTS) is 1. The Hall–Kier alpha value is -1.62. The second-order valence-corrected chi connectivity index (χ2v) is 6.68. The van der Waals surface area contributed by atoms with Crippen molar-refractivity contribution in [1.82, 2.24) is 4.98 Å². The number of nitrogens with one attached hydrogen (secondary N) is 1. The Morgan fingerprint density at radius 1 is 1.35 bits per heavy atom. The number of hydrogen-bond acceptors (Lipinski definition) is 4. The van der Waals surface area contributed by atoms with Crippen LogP contribution in [-0.4, -0.2) is 22.1 Å². The van der Waals surface area contributed by atoms with Gasteiger partial charge in [0, 0.05) is 11.7 Å². The molecule has 1 fully saturated rings. The Morgan fingerprint density at radius 2 is 2.10 bits per heavy atom. The van der Waals surface area contributed by atoms with Crippen LogP contribution in [0.2, 0.25) is 0 Å². The molecule has 0 aliphatic heterocycles. The number of hydrogen-bond donors (Lipinski definition) is 2. The Bertz CT molecular complexity index is 630. The van der Waals surface area contributed by atoms with E-state index in [-0.39, 0.29) is 5.92 Å². The quantitative estimate of drug-likeness (QED) is 0.905. The van der Waals surface area contributed by atoms with Crippen LogP contribution in [0.3, 0.4) is 0 Å². The van der Waals surface area contributed by atoms with E-state index in [9.17, 15) is 4.79 Å². The number of benzene rings is 1. The van der Waals surface area contributed by atoms with Gasteiger partial charge in [0.2, 0.25) is 0 Å². The van der Waals surface area contributed by atoms with Crippen molar-refractivity contribution in [2.24, 2.45) is 5.92 Å². The van der Waals surface area contributed by atoms with E-state index in [0.29, 0.717) is 6.04 Å². The van der Waals surface area contributed by atoms with Crippen molar-refractivity contribution in [2.45, 2.75) is 38.6 Å². The molecule has 0 bridgehead atoms. The van der Waals surface area contributed by atoms with Crippen LogP contribution in [0.15, 0.2) is 18.2 Å². The van der Waals surface area contributed by atoms with Crippen molar-refractivity contribution in [3.8, 4) is 0 Å². The molecule has 0 unspecified atom stereocenters. The van der Waals surface area contributed by atoms with Gasteiger partial charge in [0.1, 0.15) is 0 Å². The number of carbonyl (C=O) groups is 1. The summed E-state index contributed by atoms with van der Waals surface area (Å²) < 4.78 is 1.20. The second-order valence-electron chi connectivity index (χ2n) is 5.45. The Morgan fingerprint density at radius 3 is 2.80 bits per heavy atom. The number of fused-ring (bicyclic) bond motifs is 1. The van der Waals surface area contributed by atoms with E-state index < -0.39 is 5.97 Å². The van der Waals surface area contributed by atoms with Crippen LogP contribution in [0.4, 0.5) is 5.69 Å². The van der Waals surface area contributed by atoms with Gasteiger partial charge in [-0.15, -0.1) is 11.3 Å². The van der Waals surface area contributed by atoms with Crippen molar-refractivity contribution < 1.29 is 9.90 Å². The zero-order valence-corrected chi connectivity index (χ0v) is 12.2. The summed E-state index contributed by atoms with van der Waals surface area (Å²) in [4.78, 5) is 15.4. The van der Waals surface area contributed by atoms with Crippen LogP contribution < -0.4 is 5.32 Å². The molecule has 0 saturated heterocycles. The van der Waals surface area contributed by atoms with Crippen molar-refractivity contribution in [3.05, 3.63) is 23.2 Å². The van der Waals surface area contributed by atoms with Gasteiger partial charge in [-0.1, -0.05) is 0 Å². The molecule has 3 rings (SSSR count). The smallest absolute Gasteiger partial charge is 0.306 e. The van der Waals surface area contributed by atoms with Gasteiger partial charge >= 0.3 is 5.97 Å². The predicted molar refractivity (Wildman–Crippen MR) is 81.4 cm³/mol. The number of rotatable bonds is 3. The average Bonchev–Trinajstić information content (AvgIpc) is 2.78. The highest BCUT2D eigenvalue weighted by atomic mass is 32.1. The average molecular weight is 290 g/mol.